The van der Waals surface area contributed by atoms with E-state index < -0.39 is 21.0 Å². The molecule has 0 aliphatic heterocycles. The van der Waals surface area contributed by atoms with Gasteiger partial charge in [-0.15, -0.1) is 0 Å². The van der Waals surface area contributed by atoms with Crippen LogP contribution in [0.1, 0.15) is 54.4 Å². The summed E-state index contributed by atoms with van der Waals surface area (Å²) < 4.78 is 62.2. The summed E-state index contributed by atoms with van der Waals surface area (Å²) in [6, 6.07) is 13.8. The van der Waals surface area contributed by atoms with Crippen molar-refractivity contribution in [2.45, 2.75) is 60.2 Å². The van der Waals surface area contributed by atoms with Gasteiger partial charge in [-0.3, -0.25) is 9.13 Å². The van der Waals surface area contributed by atoms with Crippen LogP contribution < -0.4 is 20.1 Å². The molecule has 8 nitrogen and oxygen atoms in total. The second-order valence-corrected chi connectivity index (χ2v) is 11.4. The summed E-state index contributed by atoms with van der Waals surface area (Å²) in [6.45, 7) is 11.7. The first-order chi connectivity index (χ1) is 16.8. The third-order valence-electron chi connectivity index (χ3n) is 5.19. The highest BCUT2D eigenvalue weighted by Gasteiger charge is 2.39. The molecule has 0 heterocycles. The molecule has 10 heteroatoms. The van der Waals surface area contributed by atoms with Crippen LogP contribution in [0.25, 0.3) is 0 Å². The molecule has 0 amide bonds. The Morgan fingerprint density at radius 1 is 0.571 bits per heavy atom. The predicted molar refractivity (Wildman–Crippen MR) is 138 cm³/mol. The van der Waals surface area contributed by atoms with Crippen molar-refractivity contribution in [2.24, 2.45) is 0 Å². The Balaban J connectivity index is 2.53. The highest BCUT2D eigenvalue weighted by molar-refractivity contribution is 7.62. The highest BCUT2D eigenvalue weighted by Crippen LogP contribution is 2.51. The van der Waals surface area contributed by atoms with Crippen LogP contribution in [0.15, 0.2) is 48.5 Å². The SMILES string of the molecule is CCOP(=O)(OCC)c1ccccc1OC(CC)(CC)Oc1ccccc1P(=O)(OCC)OCC. The van der Waals surface area contributed by atoms with E-state index in [0.29, 0.717) is 34.9 Å². The zero-order chi connectivity index (χ0) is 26.0. The van der Waals surface area contributed by atoms with Gasteiger partial charge in [0.05, 0.1) is 26.4 Å². The third kappa shape index (κ3) is 7.19. The minimum Gasteiger partial charge on any atom is -0.451 e. The van der Waals surface area contributed by atoms with Gasteiger partial charge in [0.15, 0.2) is 0 Å². The molecule has 0 unspecified atom stereocenters. The normalized spacial score (nSPS) is 12.5. The Morgan fingerprint density at radius 2 is 0.886 bits per heavy atom. The van der Waals surface area contributed by atoms with E-state index in [1.807, 2.05) is 13.8 Å². The molecule has 0 saturated carbocycles. The minimum atomic E-state index is -3.62. The van der Waals surface area contributed by atoms with Crippen molar-refractivity contribution in [3.63, 3.8) is 0 Å². The first-order valence-electron chi connectivity index (χ1n) is 12.1. The summed E-state index contributed by atoms with van der Waals surface area (Å²) in [4.78, 5) is 0. The van der Waals surface area contributed by atoms with Crippen LogP contribution >= 0.6 is 15.2 Å². The lowest BCUT2D eigenvalue weighted by Crippen LogP contribution is -2.43. The maximum atomic E-state index is 13.6. The standard InChI is InChI=1S/C25H38O8P2/c1-7-25(8-2,32-21-17-13-15-19-23(21)34(26,28-9-3)29-10-4)33-22-18-14-16-20-24(22)35(27,30-11-5)31-12-6/h13-20H,7-12H2,1-6H3. The molecule has 196 valence electrons. The van der Waals surface area contributed by atoms with Crippen molar-refractivity contribution in [3.8, 4) is 11.5 Å². The Labute approximate surface area is 209 Å². The molecule has 0 saturated heterocycles. The smallest absolute Gasteiger partial charge is 0.365 e. The fourth-order valence-electron chi connectivity index (χ4n) is 3.53. The van der Waals surface area contributed by atoms with E-state index in [-0.39, 0.29) is 26.4 Å². The molecule has 0 spiro atoms. The second-order valence-electron chi connectivity index (χ2n) is 7.42. The summed E-state index contributed by atoms with van der Waals surface area (Å²) in [5, 5.41) is 0.641. The zero-order valence-corrected chi connectivity index (χ0v) is 23.3. The number of rotatable bonds is 16. The number of hydrogen-bond donors (Lipinski definition) is 0. The molecular formula is C25H38O8P2. The van der Waals surface area contributed by atoms with Crippen LogP contribution in [0.4, 0.5) is 0 Å². The van der Waals surface area contributed by atoms with Crippen molar-refractivity contribution >= 4 is 25.8 Å². The molecule has 35 heavy (non-hydrogen) atoms. The molecule has 0 aliphatic carbocycles. The van der Waals surface area contributed by atoms with Crippen LogP contribution in [0, 0.1) is 0 Å². The first-order valence-corrected chi connectivity index (χ1v) is 15.2. The fraction of sp³-hybridized carbons (Fsp3) is 0.520. The van der Waals surface area contributed by atoms with Crippen molar-refractivity contribution < 1.29 is 36.7 Å². The Morgan fingerprint density at radius 3 is 1.17 bits per heavy atom. The van der Waals surface area contributed by atoms with Gasteiger partial charge in [-0.1, -0.05) is 38.1 Å². The van der Waals surface area contributed by atoms with Crippen LogP contribution in [-0.4, -0.2) is 32.2 Å². The lowest BCUT2D eigenvalue weighted by molar-refractivity contribution is -0.117. The average Bonchev–Trinajstić information content (AvgIpc) is 2.85. The van der Waals surface area contributed by atoms with Gasteiger partial charge in [0.25, 0.3) is 5.79 Å². The predicted octanol–water partition coefficient (Wildman–Crippen LogP) is 6.44. The van der Waals surface area contributed by atoms with Crippen molar-refractivity contribution in [3.05, 3.63) is 48.5 Å². The van der Waals surface area contributed by atoms with E-state index in [4.69, 9.17) is 27.6 Å². The average molecular weight is 529 g/mol. The Kier molecular flexibility index (Phi) is 11.5. The number of ether oxygens (including phenoxy) is 2. The highest BCUT2D eigenvalue weighted by atomic mass is 31.2. The molecule has 2 rings (SSSR count). The monoisotopic (exact) mass is 528 g/mol. The van der Waals surface area contributed by atoms with Crippen LogP contribution in [0.5, 0.6) is 11.5 Å². The van der Waals surface area contributed by atoms with Gasteiger partial charge >= 0.3 is 15.2 Å². The molecule has 0 N–H and O–H groups in total. The maximum Gasteiger partial charge on any atom is 0.365 e. The van der Waals surface area contributed by atoms with Crippen LogP contribution in [-0.2, 0) is 27.2 Å². The molecular weight excluding hydrogens is 490 g/mol. The summed E-state index contributed by atoms with van der Waals surface area (Å²) in [7, 11) is -7.24. The van der Waals surface area contributed by atoms with Gasteiger partial charge in [-0.25, -0.2) is 0 Å². The van der Waals surface area contributed by atoms with Gasteiger partial charge in [-0.2, -0.15) is 0 Å². The van der Waals surface area contributed by atoms with Gasteiger partial charge < -0.3 is 27.6 Å². The topological polar surface area (TPSA) is 89.5 Å². The quantitative estimate of drug-likeness (QED) is 0.182. The molecule has 0 atom stereocenters. The van der Waals surface area contributed by atoms with Crippen molar-refractivity contribution in [2.75, 3.05) is 26.4 Å². The molecule has 0 aliphatic rings. The Bertz CT molecular complexity index is 925. The van der Waals surface area contributed by atoms with E-state index in [0.717, 1.165) is 0 Å². The summed E-state index contributed by atoms with van der Waals surface area (Å²) in [5.41, 5.74) is 0. The largest absolute Gasteiger partial charge is 0.451 e. The molecule has 0 fully saturated rings. The lowest BCUT2D eigenvalue weighted by Gasteiger charge is -2.35. The molecule has 0 radical (unpaired) electrons. The second kappa shape index (κ2) is 13.6. The van der Waals surface area contributed by atoms with E-state index in [9.17, 15) is 9.13 Å². The lowest BCUT2D eigenvalue weighted by atomic mass is 10.1. The number of benzene rings is 2. The molecule has 2 aromatic carbocycles. The first kappa shape index (κ1) is 29.6. The zero-order valence-electron chi connectivity index (χ0n) is 21.5. The van der Waals surface area contributed by atoms with E-state index in [1.165, 1.54) is 0 Å². The molecule has 0 bridgehead atoms. The summed E-state index contributed by atoms with van der Waals surface area (Å²) >= 11 is 0. The van der Waals surface area contributed by atoms with E-state index in [1.54, 1.807) is 76.2 Å². The van der Waals surface area contributed by atoms with Gasteiger partial charge in [0.2, 0.25) is 0 Å². The number of para-hydroxylation sites is 2. The Hall–Kier alpha value is -1.66. The van der Waals surface area contributed by atoms with Gasteiger partial charge in [-0.05, 0) is 52.0 Å². The van der Waals surface area contributed by atoms with Gasteiger partial charge in [0.1, 0.15) is 22.1 Å². The summed E-state index contributed by atoms with van der Waals surface area (Å²) in [5.74, 6) is -0.507. The van der Waals surface area contributed by atoms with Crippen LogP contribution in [0.3, 0.4) is 0 Å². The van der Waals surface area contributed by atoms with E-state index >= 15 is 0 Å². The van der Waals surface area contributed by atoms with E-state index in [2.05, 4.69) is 0 Å². The van der Waals surface area contributed by atoms with Crippen molar-refractivity contribution in [1.82, 2.24) is 0 Å². The van der Waals surface area contributed by atoms with Crippen molar-refractivity contribution in [1.29, 1.82) is 0 Å². The minimum absolute atomic E-state index is 0.215. The van der Waals surface area contributed by atoms with Crippen LogP contribution in [0.2, 0.25) is 0 Å². The third-order valence-corrected chi connectivity index (χ3v) is 9.50. The summed E-state index contributed by atoms with van der Waals surface area (Å²) in [6.07, 6.45) is 0.876. The van der Waals surface area contributed by atoms with Gasteiger partial charge in [0, 0.05) is 12.8 Å². The number of hydrogen-bond acceptors (Lipinski definition) is 8. The molecule has 0 aromatic heterocycles. The fourth-order valence-corrected chi connectivity index (χ4v) is 6.91. The maximum absolute atomic E-state index is 13.6. The molecule has 2 aromatic rings.